The van der Waals surface area contributed by atoms with Gasteiger partial charge in [0.25, 0.3) is 0 Å². The van der Waals surface area contributed by atoms with Gasteiger partial charge in [0.05, 0.1) is 13.2 Å². The summed E-state index contributed by atoms with van der Waals surface area (Å²) in [4.78, 5) is 13.6. The van der Waals surface area contributed by atoms with E-state index in [-0.39, 0.29) is 5.97 Å². The van der Waals surface area contributed by atoms with E-state index in [4.69, 9.17) is 15.2 Å². The van der Waals surface area contributed by atoms with Gasteiger partial charge in [0.1, 0.15) is 12.6 Å². The molecule has 1 rings (SSSR count). The molecule has 0 aromatic heterocycles. The van der Waals surface area contributed by atoms with Crippen molar-refractivity contribution < 1.29 is 14.3 Å². The second-order valence-electron chi connectivity index (χ2n) is 4.02. The van der Waals surface area contributed by atoms with Crippen LogP contribution in [0.5, 0.6) is 0 Å². The lowest BCUT2D eigenvalue weighted by atomic mass is 10.2. The summed E-state index contributed by atoms with van der Waals surface area (Å²) < 4.78 is 10.3. The molecule has 1 aliphatic rings. The third-order valence-corrected chi connectivity index (χ3v) is 2.66. The van der Waals surface area contributed by atoms with Gasteiger partial charge in [-0.2, -0.15) is 0 Å². The average Bonchev–Trinajstić information content (AvgIpc) is 2.30. The van der Waals surface area contributed by atoms with Crippen LogP contribution in [0, 0.1) is 0 Å². The maximum Gasteiger partial charge on any atom is 0.322 e. The van der Waals surface area contributed by atoms with Crippen molar-refractivity contribution in [1.82, 2.24) is 4.90 Å². The Balaban J connectivity index is 2.07. The first-order valence-corrected chi connectivity index (χ1v) is 5.96. The van der Waals surface area contributed by atoms with Gasteiger partial charge in [-0.05, 0) is 6.42 Å². The summed E-state index contributed by atoms with van der Waals surface area (Å²) in [5.41, 5.74) is 5.64. The molecule has 1 aliphatic heterocycles. The first-order valence-electron chi connectivity index (χ1n) is 5.96. The molecule has 0 aromatic rings. The number of carbonyl (C=O) groups excluding carboxylic acids is 1. The monoisotopic (exact) mass is 230 g/mol. The number of ether oxygens (including phenoxy) is 2. The summed E-state index contributed by atoms with van der Waals surface area (Å²) in [5.74, 6) is -0.282. The molecular formula is C11H22N2O3. The van der Waals surface area contributed by atoms with Crippen LogP contribution in [0.2, 0.25) is 0 Å². The summed E-state index contributed by atoms with van der Waals surface area (Å²) in [6.45, 7) is 6.56. The Labute approximate surface area is 96.9 Å². The van der Waals surface area contributed by atoms with Gasteiger partial charge in [-0.1, -0.05) is 13.3 Å². The van der Waals surface area contributed by atoms with Crippen molar-refractivity contribution in [3.8, 4) is 0 Å². The first kappa shape index (κ1) is 13.4. The number of esters is 1. The van der Waals surface area contributed by atoms with Gasteiger partial charge in [0.15, 0.2) is 0 Å². The van der Waals surface area contributed by atoms with Crippen LogP contribution in [0.3, 0.4) is 0 Å². The highest BCUT2D eigenvalue weighted by Crippen LogP contribution is 1.98. The van der Waals surface area contributed by atoms with Gasteiger partial charge in [-0.3, -0.25) is 9.69 Å². The van der Waals surface area contributed by atoms with E-state index in [0.717, 1.165) is 39.3 Å². The molecule has 0 aliphatic carbocycles. The van der Waals surface area contributed by atoms with E-state index in [9.17, 15) is 4.79 Å². The lowest BCUT2D eigenvalue weighted by Crippen LogP contribution is -2.39. The molecule has 5 heteroatoms. The predicted molar refractivity (Wildman–Crippen MR) is 61.1 cm³/mol. The molecule has 1 heterocycles. The molecule has 1 saturated heterocycles. The fraction of sp³-hybridized carbons (Fsp3) is 0.909. The smallest absolute Gasteiger partial charge is 0.322 e. The van der Waals surface area contributed by atoms with Crippen molar-refractivity contribution >= 4 is 5.97 Å². The van der Waals surface area contributed by atoms with Crippen LogP contribution in [0.1, 0.15) is 19.8 Å². The molecule has 0 bridgehead atoms. The highest BCUT2D eigenvalue weighted by atomic mass is 16.5. The van der Waals surface area contributed by atoms with Crippen molar-refractivity contribution in [2.24, 2.45) is 5.73 Å². The number of morpholine rings is 1. The summed E-state index contributed by atoms with van der Waals surface area (Å²) in [6, 6.07) is -0.463. The summed E-state index contributed by atoms with van der Waals surface area (Å²) in [6.07, 6.45) is 1.59. The molecule has 0 radical (unpaired) electrons. The van der Waals surface area contributed by atoms with Gasteiger partial charge in [-0.15, -0.1) is 0 Å². The van der Waals surface area contributed by atoms with Gasteiger partial charge in [0.2, 0.25) is 0 Å². The first-order chi connectivity index (χ1) is 7.74. The largest absolute Gasteiger partial charge is 0.463 e. The number of carbonyl (C=O) groups is 1. The fourth-order valence-corrected chi connectivity index (χ4v) is 1.64. The topological polar surface area (TPSA) is 64.8 Å². The summed E-state index contributed by atoms with van der Waals surface area (Å²) in [7, 11) is 0. The molecule has 1 atom stereocenters. The standard InChI is InChI=1S/C11H22N2O3/c1-2-3-10(12)11(14)16-9-6-13-4-7-15-8-5-13/h10H,2-9,12H2,1H3. The molecule has 2 N–H and O–H groups in total. The van der Waals surface area contributed by atoms with Gasteiger partial charge in [0, 0.05) is 19.6 Å². The van der Waals surface area contributed by atoms with Crippen molar-refractivity contribution in [1.29, 1.82) is 0 Å². The van der Waals surface area contributed by atoms with Crippen molar-refractivity contribution in [2.45, 2.75) is 25.8 Å². The summed E-state index contributed by atoms with van der Waals surface area (Å²) >= 11 is 0. The quantitative estimate of drug-likeness (QED) is 0.650. The minimum atomic E-state index is -0.463. The van der Waals surface area contributed by atoms with Crippen molar-refractivity contribution in [3.05, 3.63) is 0 Å². The lowest BCUT2D eigenvalue weighted by Gasteiger charge is -2.26. The van der Waals surface area contributed by atoms with Crippen LogP contribution >= 0.6 is 0 Å². The second-order valence-corrected chi connectivity index (χ2v) is 4.02. The average molecular weight is 230 g/mol. The highest BCUT2D eigenvalue weighted by Gasteiger charge is 2.15. The number of nitrogens with zero attached hydrogens (tertiary/aromatic N) is 1. The second kappa shape index (κ2) is 7.60. The van der Waals surface area contributed by atoms with E-state index < -0.39 is 6.04 Å². The van der Waals surface area contributed by atoms with E-state index >= 15 is 0 Å². The number of hydrogen-bond acceptors (Lipinski definition) is 5. The Bertz CT molecular complexity index is 205. The maximum absolute atomic E-state index is 11.4. The van der Waals surface area contributed by atoms with Crippen LogP contribution in [-0.2, 0) is 14.3 Å². The molecule has 16 heavy (non-hydrogen) atoms. The lowest BCUT2D eigenvalue weighted by molar-refractivity contribution is -0.146. The molecule has 5 nitrogen and oxygen atoms in total. The molecule has 94 valence electrons. The van der Waals surface area contributed by atoms with Crippen LogP contribution in [0.15, 0.2) is 0 Å². The minimum Gasteiger partial charge on any atom is -0.463 e. The third kappa shape index (κ3) is 4.92. The Morgan fingerprint density at radius 3 is 2.81 bits per heavy atom. The van der Waals surface area contributed by atoms with Gasteiger partial charge >= 0.3 is 5.97 Å². The van der Waals surface area contributed by atoms with Crippen LogP contribution in [-0.4, -0.2) is 56.4 Å². The number of rotatable bonds is 6. The summed E-state index contributed by atoms with van der Waals surface area (Å²) in [5, 5.41) is 0. The van der Waals surface area contributed by atoms with Crippen LogP contribution < -0.4 is 5.73 Å². The van der Waals surface area contributed by atoms with Crippen molar-refractivity contribution in [3.63, 3.8) is 0 Å². The Morgan fingerprint density at radius 1 is 1.50 bits per heavy atom. The maximum atomic E-state index is 11.4. The number of hydrogen-bond donors (Lipinski definition) is 1. The van der Waals surface area contributed by atoms with Crippen LogP contribution in [0.25, 0.3) is 0 Å². The van der Waals surface area contributed by atoms with E-state index in [1.807, 2.05) is 6.92 Å². The molecule has 1 unspecified atom stereocenters. The molecule has 0 amide bonds. The van der Waals surface area contributed by atoms with Crippen molar-refractivity contribution in [2.75, 3.05) is 39.5 Å². The predicted octanol–water partition coefficient (Wildman–Crippen LogP) is -0.0108. The fourth-order valence-electron chi connectivity index (χ4n) is 1.64. The SMILES string of the molecule is CCCC(N)C(=O)OCCN1CCOCC1. The molecule has 0 spiro atoms. The highest BCUT2D eigenvalue weighted by molar-refractivity contribution is 5.75. The Kier molecular flexibility index (Phi) is 6.37. The van der Waals surface area contributed by atoms with E-state index in [2.05, 4.69) is 4.90 Å². The van der Waals surface area contributed by atoms with Gasteiger partial charge < -0.3 is 15.2 Å². The molecule has 0 saturated carbocycles. The van der Waals surface area contributed by atoms with Crippen LogP contribution in [0.4, 0.5) is 0 Å². The number of nitrogens with two attached hydrogens (primary N) is 1. The Morgan fingerprint density at radius 2 is 2.19 bits per heavy atom. The molecule has 0 aromatic carbocycles. The third-order valence-electron chi connectivity index (χ3n) is 2.66. The minimum absolute atomic E-state index is 0.282. The molecule has 1 fully saturated rings. The van der Waals surface area contributed by atoms with E-state index in [0.29, 0.717) is 13.0 Å². The zero-order chi connectivity index (χ0) is 11.8. The zero-order valence-corrected chi connectivity index (χ0v) is 9.98. The van der Waals surface area contributed by atoms with E-state index in [1.165, 1.54) is 0 Å². The zero-order valence-electron chi connectivity index (χ0n) is 9.98. The van der Waals surface area contributed by atoms with Gasteiger partial charge in [-0.25, -0.2) is 0 Å². The Hall–Kier alpha value is -0.650. The molecular weight excluding hydrogens is 208 g/mol. The van der Waals surface area contributed by atoms with E-state index in [1.54, 1.807) is 0 Å². The normalized spacial score (nSPS) is 19.4.